The van der Waals surface area contributed by atoms with Gasteiger partial charge in [-0.25, -0.2) is 0 Å². The highest BCUT2D eigenvalue weighted by Gasteiger charge is 2.05. The maximum absolute atomic E-state index is 4.49. The van der Waals surface area contributed by atoms with Gasteiger partial charge in [0.25, 0.3) is 0 Å². The van der Waals surface area contributed by atoms with Gasteiger partial charge in [0.15, 0.2) is 0 Å². The van der Waals surface area contributed by atoms with Crippen molar-refractivity contribution in [3.05, 3.63) is 41.6 Å². The van der Waals surface area contributed by atoms with Crippen molar-refractivity contribution in [3.63, 3.8) is 0 Å². The van der Waals surface area contributed by atoms with Crippen LogP contribution < -0.4 is 0 Å². The minimum Gasteiger partial charge on any atom is -0.256 e. The molecule has 15 heavy (non-hydrogen) atoms. The summed E-state index contributed by atoms with van der Waals surface area (Å²) in [6, 6.07) is 8.58. The zero-order valence-corrected chi connectivity index (χ0v) is 9.46. The highest BCUT2D eigenvalue weighted by molar-refractivity contribution is 5.82. The number of aromatic nitrogens is 1. The van der Waals surface area contributed by atoms with Crippen molar-refractivity contribution in [1.82, 2.24) is 4.98 Å². The molecule has 0 bridgehead atoms. The van der Waals surface area contributed by atoms with Crippen molar-refractivity contribution in [2.75, 3.05) is 0 Å². The summed E-state index contributed by atoms with van der Waals surface area (Å²) >= 11 is 0. The van der Waals surface area contributed by atoms with E-state index < -0.39 is 0 Å². The number of benzene rings is 1. The molecule has 0 amide bonds. The van der Waals surface area contributed by atoms with E-state index in [4.69, 9.17) is 0 Å². The first-order valence-electron chi connectivity index (χ1n) is 5.72. The van der Waals surface area contributed by atoms with Crippen LogP contribution in [0.25, 0.3) is 10.9 Å². The Labute approximate surface area is 91.2 Å². The van der Waals surface area contributed by atoms with Gasteiger partial charge in [-0.15, -0.1) is 0 Å². The fourth-order valence-corrected chi connectivity index (χ4v) is 2.15. The summed E-state index contributed by atoms with van der Waals surface area (Å²) in [7, 11) is 0. The van der Waals surface area contributed by atoms with Gasteiger partial charge in [-0.3, -0.25) is 4.98 Å². The van der Waals surface area contributed by atoms with E-state index in [9.17, 15) is 0 Å². The minimum absolute atomic E-state index is 1.07. The van der Waals surface area contributed by atoms with Gasteiger partial charge in [0.05, 0.1) is 5.52 Å². The molecule has 0 aliphatic carbocycles. The van der Waals surface area contributed by atoms with Gasteiger partial charge in [-0.1, -0.05) is 38.5 Å². The van der Waals surface area contributed by atoms with E-state index in [0.717, 1.165) is 12.8 Å². The Morgan fingerprint density at radius 3 is 2.73 bits per heavy atom. The summed E-state index contributed by atoms with van der Waals surface area (Å²) in [5, 5.41) is 1.26. The third kappa shape index (κ3) is 1.87. The number of hydrogen-bond donors (Lipinski definition) is 0. The Hall–Kier alpha value is -1.37. The van der Waals surface area contributed by atoms with Gasteiger partial charge in [-0.2, -0.15) is 0 Å². The molecule has 0 unspecified atom stereocenters. The normalized spacial score (nSPS) is 10.8. The molecule has 2 aromatic rings. The lowest BCUT2D eigenvalue weighted by atomic mass is 9.98. The van der Waals surface area contributed by atoms with E-state index in [2.05, 4.69) is 37.0 Å². The molecule has 0 spiro atoms. The molecule has 0 atom stereocenters. The maximum atomic E-state index is 4.49. The van der Waals surface area contributed by atoms with Gasteiger partial charge in [-0.05, 0) is 30.0 Å². The lowest BCUT2D eigenvalue weighted by Crippen LogP contribution is -1.95. The number of rotatable bonds is 3. The van der Waals surface area contributed by atoms with Crippen molar-refractivity contribution in [3.8, 4) is 0 Å². The first-order valence-corrected chi connectivity index (χ1v) is 5.72. The van der Waals surface area contributed by atoms with Crippen LogP contribution in [0.4, 0.5) is 0 Å². The number of hydrogen-bond acceptors (Lipinski definition) is 1. The third-order valence-corrected chi connectivity index (χ3v) is 2.85. The maximum Gasteiger partial charge on any atom is 0.0736 e. The highest BCUT2D eigenvalue weighted by atomic mass is 14.6. The van der Waals surface area contributed by atoms with Gasteiger partial charge in [0.2, 0.25) is 0 Å². The lowest BCUT2D eigenvalue weighted by Gasteiger charge is -2.09. The summed E-state index contributed by atoms with van der Waals surface area (Å²) in [5.74, 6) is 0. The molecule has 0 saturated heterocycles. The first kappa shape index (κ1) is 10.2. The molecule has 1 aromatic carbocycles. The summed E-state index contributed by atoms with van der Waals surface area (Å²) in [5.41, 5.74) is 4.08. The predicted octanol–water partition coefficient (Wildman–Crippen LogP) is 3.75. The molecular weight excluding hydrogens is 182 g/mol. The van der Waals surface area contributed by atoms with E-state index in [0.29, 0.717) is 0 Å². The molecular formula is C14H17N. The van der Waals surface area contributed by atoms with Crippen LogP contribution in [0.3, 0.4) is 0 Å². The summed E-state index contributed by atoms with van der Waals surface area (Å²) in [4.78, 5) is 4.49. The number of aryl methyl sites for hydroxylation is 2. The van der Waals surface area contributed by atoms with Crippen molar-refractivity contribution < 1.29 is 0 Å². The van der Waals surface area contributed by atoms with Crippen LogP contribution in [0, 0.1) is 0 Å². The molecule has 0 aliphatic rings. The second-order valence-corrected chi connectivity index (χ2v) is 3.88. The Morgan fingerprint density at radius 1 is 1.13 bits per heavy atom. The second-order valence-electron chi connectivity index (χ2n) is 3.88. The highest BCUT2D eigenvalue weighted by Crippen LogP contribution is 2.22. The zero-order chi connectivity index (χ0) is 10.7. The van der Waals surface area contributed by atoms with E-state index in [-0.39, 0.29) is 0 Å². The molecule has 2 rings (SSSR count). The summed E-state index contributed by atoms with van der Waals surface area (Å²) < 4.78 is 0. The molecule has 78 valence electrons. The fourth-order valence-electron chi connectivity index (χ4n) is 2.15. The lowest BCUT2D eigenvalue weighted by molar-refractivity contribution is 0.902. The van der Waals surface area contributed by atoms with Gasteiger partial charge in [0, 0.05) is 11.6 Å². The van der Waals surface area contributed by atoms with Crippen LogP contribution in [0.1, 0.15) is 31.4 Å². The number of fused-ring (bicyclic) bond motifs is 1. The Kier molecular flexibility index (Phi) is 3.00. The molecule has 0 N–H and O–H groups in total. The van der Waals surface area contributed by atoms with Crippen LogP contribution in [-0.2, 0) is 12.8 Å². The zero-order valence-electron chi connectivity index (χ0n) is 9.46. The van der Waals surface area contributed by atoms with E-state index in [1.807, 2.05) is 12.3 Å². The quantitative estimate of drug-likeness (QED) is 0.733. The largest absolute Gasteiger partial charge is 0.256 e. The monoisotopic (exact) mass is 199 g/mol. The van der Waals surface area contributed by atoms with Crippen LogP contribution in [0.2, 0.25) is 0 Å². The van der Waals surface area contributed by atoms with Crippen molar-refractivity contribution >= 4 is 10.9 Å². The second kappa shape index (κ2) is 4.43. The molecule has 1 nitrogen and oxygen atoms in total. The predicted molar refractivity (Wildman–Crippen MR) is 65.1 cm³/mol. The SMILES string of the molecule is CCCc1ccc2cccnc2c1CC. The van der Waals surface area contributed by atoms with Crippen LogP contribution in [0.15, 0.2) is 30.5 Å². The Balaban J connectivity index is 2.64. The Bertz CT molecular complexity index is 460. The molecule has 0 fully saturated rings. The standard InChI is InChI=1S/C14H17N/c1-3-6-11-8-9-12-7-5-10-15-14(12)13(11)4-2/h5,7-10H,3-4,6H2,1-2H3. The van der Waals surface area contributed by atoms with Crippen molar-refractivity contribution in [2.24, 2.45) is 0 Å². The van der Waals surface area contributed by atoms with Crippen molar-refractivity contribution in [2.45, 2.75) is 33.1 Å². The fraction of sp³-hybridized carbons (Fsp3) is 0.357. The summed E-state index contributed by atoms with van der Waals surface area (Å²) in [6.45, 7) is 4.44. The van der Waals surface area contributed by atoms with Crippen LogP contribution in [0.5, 0.6) is 0 Å². The molecule has 0 saturated carbocycles. The van der Waals surface area contributed by atoms with Gasteiger partial charge < -0.3 is 0 Å². The molecule has 1 aromatic heterocycles. The van der Waals surface area contributed by atoms with Crippen LogP contribution >= 0.6 is 0 Å². The number of pyridine rings is 1. The molecule has 0 aliphatic heterocycles. The minimum atomic E-state index is 1.07. The van der Waals surface area contributed by atoms with Crippen molar-refractivity contribution in [1.29, 1.82) is 0 Å². The number of nitrogens with zero attached hydrogens (tertiary/aromatic N) is 1. The molecule has 1 heteroatoms. The topological polar surface area (TPSA) is 12.9 Å². The van der Waals surface area contributed by atoms with E-state index in [1.54, 1.807) is 0 Å². The first-order chi connectivity index (χ1) is 7.36. The average Bonchev–Trinajstić information content (AvgIpc) is 2.29. The van der Waals surface area contributed by atoms with E-state index >= 15 is 0 Å². The summed E-state index contributed by atoms with van der Waals surface area (Å²) in [6.07, 6.45) is 5.32. The van der Waals surface area contributed by atoms with E-state index in [1.165, 1.54) is 28.5 Å². The smallest absolute Gasteiger partial charge is 0.0736 e. The van der Waals surface area contributed by atoms with Gasteiger partial charge >= 0.3 is 0 Å². The third-order valence-electron chi connectivity index (χ3n) is 2.85. The average molecular weight is 199 g/mol. The Morgan fingerprint density at radius 2 is 2.00 bits per heavy atom. The molecule has 0 radical (unpaired) electrons. The molecule has 1 heterocycles. The van der Waals surface area contributed by atoms with Crippen LogP contribution in [-0.4, -0.2) is 4.98 Å². The van der Waals surface area contributed by atoms with Gasteiger partial charge in [0.1, 0.15) is 0 Å².